The number of piperidine rings is 1. The van der Waals surface area contributed by atoms with Gasteiger partial charge in [-0.1, -0.05) is 0 Å². The fraction of sp³-hybridized carbons (Fsp3) is 0.444. The second-order valence-corrected chi connectivity index (χ2v) is 7.09. The lowest BCUT2D eigenvalue weighted by Gasteiger charge is -2.32. The number of nitrogens with one attached hydrogen (secondary N) is 1. The Morgan fingerprint density at radius 2 is 2.07 bits per heavy atom. The molecule has 4 heterocycles. The van der Waals surface area contributed by atoms with Crippen LogP contribution in [0.3, 0.4) is 0 Å². The van der Waals surface area contributed by atoms with Crippen molar-refractivity contribution in [2.75, 3.05) is 19.7 Å². The summed E-state index contributed by atoms with van der Waals surface area (Å²) in [5.74, 6) is -0.114. The first-order chi connectivity index (χ1) is 14.2. The van der Waals surface area contributed by atoms with Crippen LogP contribution in [-0.2, 0) is 4.74 Å². The lowest BCUT2D eigenvalue weighted by atomic mass is 10.1. The number of ether oxygens (including phenoxy) is 1. The summed E-state index contributed by atoms with van der Waals surface area (Å²) in [6.07, 6.45) is -1.21. The molecule has 0 spiro atoms. The number of fused-ring (bicyclic) bond motifs is 1. The van der Waals surface area contributed by atoms with Crippen LogP contribution in [-0.4, -0.2) is 67.2 Å². The molecular weight excluding hydrogens is 405 g/mol. The molecule has 9 nitrogen and oxygen atoms in total. The van der Waals surface area contributed by atoms with Crippen LogP contribution in [0.5, 0.6) is 0 Å². The van der Waals surface area contributed by atoms with Crippen LogP contribution < -0.4 is 5.56 Å². The van der Waals surface area contributed by atoms with E-state index < -0.39 is 18.9 Å². The van der Waals surface area contributed by atoms with E-state index in [0.717, 1.165) is 0 Å². The number of carbonyl (C=O) groups is 1. The number of likely N-dealkylation sites (tertiary alicyclic amines) is 1. The Morgan fingerprint density at radius 3 is 2.77 bits per heavy atom. The molecule has 1 N–H and O–H groups in total. The fourth-order valence-corrected chi connectivity index (χ4v) is 3.47. The number of aromatic amines is 1. The highest BCUT2D eigenvalue weighted by Gasteiger charge is 2.32. The number of carbonyl (C=O) groups excluding carboxylic acids is 1. The van der Waals surface area contributed by atoms with Crippen molar-refractivity contribution in [3.05, 3.63) is 46.1 Å². The minimum Gasteiger partial charge on any atom is -0.369 e. The number of rotatable bonds is 4. The normalized spacial score (nSPS) is 15.8. The summed E-state index contributed by atoms with van der Waals surface area (Å²) < 4.78 is 44.5. The Morgan fingerprint density at radius 1 is 1.33 bits per heavy atom. The topological polar surface area (TPSA) is 97.5 Å². The molecule has 1 saturated heterocycles. The van der Waals surface area contributed by atoms with E-state index in [4.69, 9.17) is 4.74 Å². The van der Waals surface area contributed by atoms with E-state index >= 15 is 0 Å². The van der Waals surface area contributed by atoms with Crippen LogP contribution in [0, 0.1) is 6.92 Å². The van der Waals surface area contributed by atoms with Crippen molar-refractivity contribution >= 4 is 11.4 Å². The van der Waals surface area contributed by atoms with Gasteiger partial charge in [0.25, 0.3) is 11.5 Å². The van der Waals surface area contributed by atoms with Crippen LogP contribution in [0.1, 0.15) is 28.9 Å². The van der Waals surface area contributed by atoms with Crippen LogP contribution in [0.25, 0.3) is 11.5 Å². The van der Waals surface area contributed by atoms with Gasteiger partial charge in [-0.05, 0) is 31.9 Å². The molecule has 0 radical (unpaired) electrons. The van der Waals surface area contributed by atoms with Gasteiger partial charge in [0.1, 0.15) is 12.1 Å². The second kappa shape index (κ2) is 7.59. The Hall–Kier alpha value is -3.15. The van der Waals surface area contributed by atoms with Crippen molar-refractivity contribution in [1.82, 2.24) is 29.3 Å². The number of nitrogens with zero attached hydrogens (tertiary/aromatic N) is 5. The summed E-state index contributed by atoms with van der Waals surface area (Å²) in [7, 11) is 0. The SMILES string of the molecule is Cc1c(C(=O)N2CCC(OCC(F)(F)F)CC2)cnn1-c1nn2cccc2c(=O)[nH]1. The number of hydrogen-bond acceptors (Lipinski definition) is 5. The number of hydrogen-bond donors (Lipinski definition) is 1. The van der Waals surface area contributed by atoms with Gasteiger partial charge in [0, 0.05) is 19.3 Å². The fourth-order valence-electron chi connectivity index (χ4n) is 3.47. The average Bonchev–Trinajstić information content (AvgIpc) is 3.32. The third-order valence-corrected chi connectivity index (χ3v) is 5.04. The van der Waals surface area contributed by atoms with E-state index in [1.54, 1.807) is 30.2 Å². The highest BCUT2D eigenvalue weighted by Crippen LogP contribution is 2.22. The van der Waals surface area contributed by atoms with E-state index in [9.17, 15) is 22.8 Å². The van der Waals surface area contributed by atoms with E-state index in [2.05, 4.69) is 15.2 Å². The average molecular weight is 424 g/mol. The maximum absolute atomic E-state index is 12.9. The van der Waals surface area contributed by atoms with Gasteiger partial charge in [-0.25, -0.2) is 9.20 Å². The van der Waals surface area contributed by atoms with E-state index in [0.29, 0.717) is 29.6 Å². The summed E-state index contributed by atoms with van der Waals surface area (Å²) in [5.41, 5.74) is 0.870. The van der Waals surface area contributed by atoms with Gasteiger partial charge in [-0.3, -0.25) is 14.6 Å². The first-order valence-corrected chi connectivity index (χ1v) is 9.33. The molecule has 0 unspecified atom stereocenters. The number of aromatic nitrogens is 5. The largest absolute Gasteiger partial charge is 0.411 e. The van der Waals surface area contributed by atoms with Crippen molar-refractivity contribution in [3.63, 3.8) is 0 Å². The van der Waals surface area contributed by atoms with Gasteiger partial charge in [0.15, 0.2) is 0 Å². The van der Waals surface area contributed by atoms with E-state index in [-0.39, 0.29) is 30.5 Å². The van der Waals surface area contributed by atoms with Gasteiger partial charge >= 0.3 is 6.18 Å². The van der Waals surface area contributed by atoms with Gasteiger partial charge in [0.2, 0.25) is 5.95 Å². The molecule has 0 bridgehead atoms. The van der Waals surface area contributed by atoms with Crippen molar-refractivity contribution in [2.45, 2.75) is 32.0 Å². The lowest BCUT2D eigenvalue weighted by Crippen LogP contribution is -2.41. The zero-order valence-electron chi connectivity index (χ0n) is 16.0. The van der Waals surface area contributed by atoms with E-state index in [1.807, 2.05) is 0 Å². The molecule has 0 aliphatic carbocycles. The number of halogens is 3. The maximum Gasteiger partial charge on any atom is 0.411 e. The summed E-state index contributed by atoms with van der Waals surface area (Å²) in [4.78, 5) is 29.2. The summed E-state index contributed by atoms with van der Waals surface area (Å²) in [6, 6.07) is 3.32. The molecule has 3 aromatic heterocycles. The minimum absolute atomic E-state index is 0.166. The first kappa shape index (κ1) is 20.1. The summed E-state index contributed by atoms with van der Waals surface area (Å²) in [6.45, 7) is 0.973. The smallest absolute Gasteiger partial charge is 0.369 e. The lowest BCUT2D eigenvalue weighted by molar-refractivity contribution is -0.188. The second-order valence-electron chi connectivity index (χ2n) is 7.09. The van der Waals surface area contributed by atoms with Crippen LogP contribution in [0.2, 0.25) is 0 Å². The Labute approximate surface area is 168 Å². The summed E-state index contributed by atoms with van der Waals surface area (Å²) >= 11 is 0. The zero-order chi connectivity index (χ0) is 21.5. The monoisotopic (exact) mass is 424 g/mol. The van der Waals surface area contributed by atoms with Crippen molar-refractivity contribution in [1.29, 1.82) is 0 Å². The van der Waals surface area contributed by atoms with Crippen LogP contribution in [0.4, 0.5) is 13.2 Å². The van der Waals surface area contributed by atoms with Gasteiger partial charge in [0.05, 0.1) is 23.6 Å². The molecule has 12 heteroatoms. The minimum atomic E-state index is -4.36. The molecule has 4 rings (SSSR count). The molecule has 1 aliphatic rings. The molecule has 0 atom stereocenters. The highest BCUT2D eigenvalue weighted by molar-refractivity contribution is 5.95. The predicted octanol–water partition coefficient (Wildman–Crippen LogP) is 1.70. The third kappa shape index (κ3) is 3.95. The molecule has 1 fully saturated rings. The molecule has 160 valence electrons. The van der Waals surface area contributed by atoms with Gasteiger partial charge < -0.3 is 9.64 Å². The molecule has 0 aromatic carbocycles. The maximum atomic E-state index is 12.9. The first-order valence-electron chi connectivity index (χ1n) is 9.33. The van der Waals surface area contributed by atoms with E-state index in [1.165, 1.54) is 15.4 Å². The van der Waals surface area contributed by atoms with Crippen molar-refractivity contribution in [3.8, 4) is 5.95 Å². The summed E-state index contributed by atoms with van der Waals surface area (Å²) in [5, 5.41) is 8.47. The molecule has 1 aliphatic heterocycles. The van der Waals surface area contributed by atoms with Gasteiger partial charge in [-0.2, -0.15) is 18.3 Å². The number of amides is 1. The quantitative estimate of drug-likeness (QED) is 0.688. The zero-order valence-corrected chi connectivity index (χ0v) is 16.0. The number of alkyl halides is 3. The Balaban J connectivity index is 1.47. The standard InChI is InChI=1S/C18H19F3N6O3/c1-11-13(16(29)25-7-4-12(5-8-25)30-10-18(19,20)21)9-22-27(11)17-23-15(28)14-3-2-6-26(14)24-17/h2-3,6,9,12H,4-5,7-8,10H2,1H3,(H,23,24,28). The van der Waals surface area contributed by atoms with Gasteiger partial charge in [-0.15, -0.1) is 5.10 Å². The molecular formula is C18H19F3N6O3. The van der Waals surface area contributed by atoms with Crippen LogP contribution in [0.15, 0.2) is 29.3 Å². The van der Waals surface area contributed by atoms with Crippen LogP contribution >= 0.6 is 0 Å². The molecule has 0 saturated carbocycles. The number of H-pyrrole nitrogens is 1. The molecule has 1 amide bonds. The Bertz CT molecular complexity index is 1120. The molecule has 30 heavy (non-hydrogen) atoms. The van der Waals surface area contributed by atoms with Crippen molar-refractivity contribution < 1.29 is 22.7 Å². The Kier molecular flexibility index (Phi) is 5.10. The molecule has 3 aromatic rings. The third-order valence-electron chi connectivity index (χ3n) is 5.04. The highest BCUT2D eigenvalue weighted by atomic mass is 19.4. The predicted molar refractivity (Wildman–Crippen MR) is 98.6 cm³/mol. The van der Waals surface area contributed by atoms with Crippen molar-refractivity contribution in [2.24, 2.45) is 0 Å².